The van der Waals surface area contributed by atoms with Crippen LogP contribution in [-0.4, -0.2) is 81.6 Å². The Kier molecular flexibility index (Phi) is 17.4. The van der Waals surface area contributed by atoms with Gasteiger partial charge in [0.1, 0.15) is 12.1 Å². The Hall–Kier alpha value is -4.90. The number of nitrogens with zero attached hydrogens (tertiary/aromatic N) is 3. The van der Waals surface area contributed by atoms with Crippen LogP contribution in [0.2, 0.25) is 10.0 Å². The van der Waals surface area contributed by atoms with Crippen molar-refractivity contribution in [1.82, 2.24) is 25.5 Å². The first-order valence-corrected chi connectivity index (χ1v) is 22.0. The molecule has 4 amide bonds. The van der Waals surface area contributed by atoms with E-state index in [1.54, 1.807) is 16.8 Å². The lowest BCUT2D eigenvalue weighted by molar-refractivity contribution is -0.144. The zero-order chi connectivity index (χ0) is 45.0. The van der Waals surface area contributed by atoms with Crippen molar-refractivity contribution in [2.75, 3.05) is 18.5 Å². The van der Waals surface area contributed by atoms with Gasteiger partial charge in [-0.1, -0.05) is 93.9 Å². The number of aromatic nitrogens is 2. The highest BCUT2D eigenvalue weighted by Crippen LogP contribution is 2.33. The first-order chi connectivity index (χ1) is 29.5. The number of hydrogen-bond acceptors (Lipinski definition) is 10. The van der Waals surface area contributed by atoms with Gasteiger partial charge in [-0.25, -0.2) is 4.98 Å². The van der Waals surface area contributed by atoms with Gasteiger partial charge in [0.15, 0.2) is 11.5 Å². The Balaban J connectivity index is 1.03. The molecular weight excluding hydrogens is 865 g/mol. The molecule has 1 saturated heterocycles. The van der Waals surface area contributed by atoms with Gasteiger partial charge >= 0.3 is 6.61 Å². The second-order valence-electron chi connectivity index (χ2n) is 16.1. The number of alkyl halides is 2. The van der Waals surface area contributed by atoms with Crippen molar-refractivity contribution in [2.24, 2.45) is 5.41 Å². The van der Waals surface area contributed by atoms with Gasteiger partial charge in [-0.3, -0.25) is 24.2 Å². The number of unbranched alkanes of at least 4 members (excludes halogenated alkanes) is 5. The molecule has 2 aromatic heterocycles. The predicted molar refractivity (Wildman–Crippen MR) is 235 cm³/mol. The average molecular weight is 918 g/mol. The second-order valence-corrected chi connectivity index (χ2v) is 17.8. The van der Waals surface area contributed by atoms with Gasteiger partial charge in [0.2, 0.25) is 17.7 Å². The third kappa shape index (κ3) is 13.5. The number of halogens is 4. The molecule has 4 N–H and O–H groups in total. The number of amides is 4. The van der Waals surface area contributed by atoms with Gasteiger partial charge in [-0.05, 0) is 54.5 Å². The Morgan fingerprint density at radius 2 is 1.65 bits per heavy atom. The van der Waals surface area contributed by atoms with Gasteiger partial charge in [0.25, 0.3) is 5.91 Å². The summed E-state index contributed by atoms with van der Waals surface area (Å²) in [4.78, 5) is 64.0. The van der Waals surface area contributed by atoms with E-state index in [0.29, 0.717) is 12.8 Å². The van der Waals surface area contributed by atoms with Crippen molar-refractivity contribution in [1.29, 1.82) is 0 Å². The Labute approximate surface area is 373 Å². The molecule has 3 atom stereocenters. The van der Waals surface area contributed by atoms with Gasteiger partial charge in [0, 0.05) is 43.9 Å². The molecule has 1 fully saturated rings. The number of aliphatic hydroxyl groups is 1. The van der Waals surface area contributed by atoms with E-state index in [1.807, 2.05) is 52.0 Å². The lowest BCUT2D eigenvalue weighted by Crippen LogP contribution is -2.57. The van der Waals surface area contributed by atoms with E-state index in [2.05, 4.69) is 30.7 Å². The number of aryl methyl sites for hydroxylation is 1. The zero-order valence-corrected chi connectivity index (χ0v) is 37.3. The Morgan fingerprint density at radius 3 is 2.29 bits per heavy atom. The van der Waals surface area contributed by atoms with Crippen LogP contribution in [0.4, 0.5) is 14.5 Å². The lowest BCUT2D eigenvalue weighted by Gasteiger charge is -2.35. The third-order valence-electron chi connectivity index (χ3n) is 10.3. The summed E-state index contributed by atoms with van der Waals surface area (Å²) in [6, 6.07) is 9.87. The molecule has 0 aliphatic carbocycles. The molecule has 5 rings (SSSR count). The first-order valence-electron chi connectivity index (χ1n) is 20.4. The van der Waals surface area contributed by atoms with E-state index in [9.17, 15) is 33.1 Å². The number of benzene rings is 2. The standard InChI is InChI=1S/C44H52Cl2F2N6O7S/c1-26-38(62-25-51-26)28-14-12-27(13-15-28)21-50-41(58)33-20-30(55)24-54(33)42(59)39(44(2,3)4)52-36(56)11-9-7-5-6-8-10-18-60-35-19-29(16-17-34(35)61-43(47)48)40(57)53-37-31(45)22-49-23-32(37)46/h12-17,19,22-23,25,30,33,39,43,55H,5-11,18,20-21,24H2,1-4H3,(H,50,58)(H,52,56)(H,49,53,57)/t30?,33?,39-/m1/s1. The van der Waals surface area contributed by atoms with E-state index in [1.165, 1.54) is 35.5 Å². The monoisotopic (exact) mass is 916 g/mol. The first kappa shape index (κ1) is 48.1. The number of nitrogens with one attached hydrogen (secondary N) is 3. The summed E-state index contributed by atoms with van der Waals surface area (Å²) in [5.74, 6) is -1.92. The van der Waals surface area contributed by atoms with E-state index in [0.717, 1.165) is 47.4 Å². The maximum absolute atomic E-state index is 14.0. The topological polar surface area (TPSA) is 172 Å². The summed E-state index contributed by atoms with van der Waals surface area (Å²) in [7, 11) is 0. The summed E-state index contributed by atoms with van der Waals surface area (Å²) in [5.41, 5.74) is 4.26. The fraction of sp³-hybridized carbons (Fsp3) is 0.455. The molecule has 1 aliphatic heterocycles. The third-order valence-corrected chi connectivity index (χ3v) is 11.8. The number of pyridine rings is 1. The van der Waals surface area contributed by atoms with Gasteiger partial charge in [0.05, 0.1) is 44.5 Å². The number of carbonyl (C=O) groups is 4. The van der Waals surface area contributed by atoms with E-state index in [4.69, 9.17) is 27.9 Å². The molecule has 2 aromatic carbocycles. The van der Waals surface area contributed by atoms with E-state index in [-0.39, 0.29) is 77.1 Å². The molecule has 0 spiro atoms. The Morgan fingerprint density at radius 1 is 0.968 bits per heavy atom. The zero-order valence-electron chi connectivity index (χ0n) is 35.0. The number of carbonyl (C=O) groups excluding carboxylic acids is 4. The van der Waals surface area contributed by atoms with Crippen LogP contribution in [0.5, 0.6) is 11.5 Å². The fourth-order valence-corrected chi connectivity index (χ4v) is 8.23. The highest BCUT2D eigenvalue weighted by atomic mass is 35.5. The van der Waals surface area contributed by atoms with Crippen molar-refractivity contribution in [3.63, 3.8) is 0 Å². The maximum atomic E-state index is 14.0. The number of aliphatic hydroxyl groups excluding tert-OH is 1. The van der Waals surface area contributed by atoms with Crippen molar-refractivity contribution in [3.05, 3.63) is 87.2 Å². The summed E-state index contributed by atoms with van der Waals surface area (Å²) in [6.07, 6.45) is 6.39. The quantitative estimate of drug-likeness (QED) is 0.0634. The molecular formula is C44H52Cl2F2N6O7S. The van der Waals surface area contributed by atoms with E-state index >= 15 is 0 Å². The van der Waals surface area contributed by atoms with Gasteiger partial charge in [-0.2, -0.15) is 8.78 Å². The van der Waals surface area contributed by atoms with Crippen LogP contribution in [0.1, 0.15) is 93.8 Å². The van der Waals surface area contributed by atoms with Crippen LogP contribution in [0.3, 0.4) is 0 Å². The van der Waals surface area contributed by atoms with Crippen LogP contribution in [0.25, 0.3) is 10.4 Å². The van der Waals surface area contributed by atoms with Crippen LogP contribution >= 0.6 is 34.5 Å². The van der Waals surface area contributed by atoms with Crippen LogP contribution in [0.15, 0.2) is 60.4 Å². The minimum Gasteiger partial charge on any atom is -0.490 e. The molecule has 0 saturated carbocycles. The van der Waals surface area contributed by atoms with Crippen LogP contribution < -0.4 is 25.4 Å². The molecule has 4 aromatic rings. The molecule has 0 bridgehead atoms. The van der Waals surface area contributed by atoms with Crippen molar-refractivity contribution in [2.45, 2.75) is 110 Å². The normalized spacial score (nSPS) is 15.6. The molecule has 62 heavy (non-hydrogen) atoms. The molecule has 13 nitrogen and oxygen atoms in total. The lowest BCUT2D eigenvalue weighted by atomic mass is 9.85. The molecule has 1 aliphatic rings. The minimum atomic E-state index is -3.10. The molecule has 3 heterocycles. The fourth-order valence-electron chi connectivity index (χ4n) is 6.96. The number of β-amino-alcohol motifs (C(OH)–C–C–N with tert-alkyl or cyclic N) is 1. The number of likely N-dealkylation sites (tertiary alicyclic amines) is 1. The molecule has 18 heteroatoms. The summed E-state index contributed by atoms with van der Waals surface area (Å²) in [6.45, 7) is 4.80. The average Bonchev–Trinajstić information content (AvgIpc) is 3.84. The highest BCUT2D eigenvalue weighted by molar-refractivity contribution is 7.13. The SMILES string of the molecule is Cc1ncsc1-c1ccc(CNC(=O)C2CC(O)CN2C(=O)[C@@H](NC(=O)CCCCCCCCOc2cc(C(=O)Nc3c(Cl)cncc3Cl)ccc2OC(F)F)C(C)(C)C)cc1. The number of rotatable bonds is 20. The molecule has 0 radical (unpaired) electrons. The van der Waals surface area contributed by atoms with Crippen LogP contribution in [0, 0.1) is 12.3 Å². The van der Waals surface area contributed by atoms with Crippen molar-refractivity contribution in [3.8, 4) is 21.9 Å². The largest absolute Gasteiger partial charge is 0.490 e. The highest BCUT2D eigenvalue weighted by Gasteiger charge is 2.44. The smallest absolute Gasteiger partial charge is 0.387 e. The Bertz CT molecular complexity index is 2150. The summed E-state index contributed by atoms with van der Waals surface area (Å²) < 4.78 is 36.5. The van der Waals surface area contributed by atoms with Crippen molar-refractivity contribution >= 4 is 63.9 Å². The number of ether oxygens (including phenoxy) is 2. The second kappa shape index (κ2) is 22.5. The maximum Gasteiger partial charge on any atom is 0.387 e. The number of thiazole rings is 1. The number of anilines is 1. The van der Waals surface area contributed by atoms with Crippen LogP contribution in [-0.2, 0) is 20.9 Å². The number of hydrogen-bond donors (Lipinski definition) is 4. The summed E-state index contributed by atoms with van der Waals surface area (Å²) in [5, 5.41) is 19.2. The van der Waals surface area contributed by atoms with E-state index < -0.39 is 42.0 Å². The van der Waals surface area contributed by atoms with Gasteiger partial charge in [-0.15, -0.1) is 11.3 Å². The van der Waals surface area contributed by atoms with Gasteiger partial charge < -0.3 is 35.4 Å². The van der Waals surface area contributed by atoms with Crippen molar-refractivity contribution < 1.29 is 42.5 Å². The minimum absolute atomic E-state index is 0.0140. The molecule has 2 unspecified atom stereocenters. The predicted octanol–water partition coefficient (Wildman–Crippen LogP) is 8.59. The molecule has 334 valence electrons. The summed E-state index contributed by atoms with van der Waals surface area (Å²) >= 11 is 13.8.